The molecule has 0 aliphatic carbocycles. The zero-order valence-electron chi connectivity index (χ0n) is 10.8. The molecule has 0 fully saturated rings. The van der Waals surface area contributed by atoms with Gasteiger partial charge in [-0.25, -0.2) is 4.98 Å². The highest BCUT2D eigenvalue weighted by molar-refractivity contribution is 9.09. The highest BCUT2D eigenvalue weighted by Crippen LogP contribution is 2.35. The van der Waals surface area contributed by atoms with Gasteiger partial charge in [-0.2, -0.15) is 0 Å². The Kier molecular flexibility index (Phi) is 4.57. The fraction of sp³-hybridized carbons (Fsp3) is 0.400. The van der Waals surface area contributed by atoms with Crippen molar-refractivity contribution >= 4 is 27.3 Å². The third-order valence-electron chi connectivity index (χ3n) is 3.50. The molecule has 0 aliphatic rings. The molecule has 1 nitrogen and oxygen atoms in total. The van der Waals surface area contributed by atoms with E-state index in [-0.39, 0.29) is 5.41 Å². The first kappa shape index (κ1) is 13.8. The molecule has 2 rings (SSSR count). The van der Waals surface area contributed by atoms with Crippen LogP contribution in [0.1, 0.15) is 28.8 Å². The van der Waals surface area contributed by atoms with E-state index < -0.39 is 0 Å². The second-order valence-corrected chi connectivity index (χ2v) is 6.54. The van der Waals surface area contributed by atoms with Crippen LogP contribution >= 0.6 is 27.3 Å². The molecule has 96 valence electrons. The summed E-state index contributed by atoms with van der Waals surface area (Å²) in [5.74, 6) is 0. The van der Waals surface area contributed by atoms with E-state index in [1.54, 1.807) is 0 Å². The van der Waals surface area contributed by atoms with Crippen LogP contribution in [0.25, 0.3) is 0 Å². The predicted molar refractivity (Wildman–Crippen MR) is 82.8 cm³/mol. The average molecular weight is 324 g/mol. The van der Waals surface area contributed by atoms with Crippen LogP contribution in [0.3, 0.4) is 0 Å². The molecule has 1 aromatic carbocycles. The van der Waals surface area contributed by atoms with Gasteiger partial charge in [0.05, 0.1) is 5.01 Å². The molecule has 0 saturated heterocycles. The lowest BCUT2D eigenvalue weighted by molar-refractivity contribution is 0.467. The molecule has 1 heterocycles. The van der Waals surface area contributed by atoms with E-state index in [0.717, 1.165) is 23.2 Å². The molecule has 18 heavy (non-hydrogen) atoms. The normalized spacial score (nSPS) is 14.4. The van der Waals surface area contributed by atoms with Gasteiger partial charge < -0.3 is 0 Å². The molecule has 1 unspecified atom stereocenters. The minimum Gasteiger partial charge on any atom is -0.250 e. The van der Waals surface area contributed by atoms with E-state index in [1.807, 2.05) is 17.5 Å². The van der Waals surface area contributed by atoms with Gasteiger partial charge in [-0.05, 0) is 25.3 Å². The van der Waals surface area contributed by atoms with E-state index in [0.29, 0.717) is 0 Å². The minimum atomic E-state index is 0.181. The van der Waals surface area contributed by atoms with Gasteiger partial charge in [0.25, 0.3) is 0 Å². The van der Waals surface area contributed by atoms with Gasteiger partial charge in [-0.1, -0.05) is 53.2 Å². The fourth-order valence-corrected chi connectivity index (χ4v) is 4.12. The predicted octanol–water partition coefficient (Wildman–Crippen LogP) is 4.74. The summed E-state index contributed by atoms with van der Waals surface area (Å²) in [6.07, 6.45) is 4.21. The Morgan fingerprint density at radius 2 is 2.00 bits per heavy atom. The summed E-state index contributed by atoms with van der Waals surface area (Å²) in [5, 5.41) is 2.13. The van der Waals surface area contributed by atoms with E-state index in [4.69, 9.17) is 0 Å². The van der Waals surface area contributed by atoms with Gasteiger partial charge in [0.1, 0.15) is 0 Å². The van der Waals surface area contributed by atoms with Gasteiger partial charge in [-0.3, -0.25) is 0 Å². The molecular weight excluding hydrogens is 306 g/mol. The highest BCUT2D eigenvalue weighted by atomic mass is 79.9. The maximum absolute atomic E-state index is 4.37. The number of alkyl halides is 1. The maximum atomic E-state index is 4.37. The number of aryl methyl sites for hydroxylation is 1. The second-order valence-electron chi connectivity index (χ2n) is 4.66. The van der Waals surface area contributed by atoms with Crippen molar-refractivity contribution in [1.29, 1.82) is 0 Å². The summed E-state index contributed by atoms with van der Waals surface area (Å²) in [7, 11) is 0. The smallest absolute Gasteiger partial charge is 0.0896 e. The van der Waals surface area contributed by atoms with Crippen LogP contribution in [0.15, 0.2) is 36.5 Å². The van der Waals surface area contributed by atoms with E-state index in [9.17, 15) is 0 Å². The first-order valence-electron chi connectivity index (χ1n) is 6.23. The van der Waals surface area contributed by atoms with Crippen LogP contribution in [0, 0.1) is 6.92 Å². The minimum absolute atomic E-state index is 0.181. The van der Waals surface area contributed by atoms with Gasteiger partial charge in [0.15, 0.2) is 0 Å². The number of nitrogens with zero attached hydrogens (tertiary/aromatic N) is 1. The lowest BCUT2D eigenvalue weighted by Crippen LogP contribution is -2.29. The molecule has 0 spiro atoms. The lowest BCUT2D eigenvalue weighted by Gasteiger charge is -2.31. The Labute approximate surface area is 121 Å². The van der Waals surface area contributed by atoms with Crippen LogP contribution in [0.4, 0.5) is 0 Å². The number of hydrogen-bond donors (Lipinski definition) is 0. The number of rotatable bonds is 5. The molecule has 0 amide bonds. The monoisotopic (exact) mass is 323 g/mol. The van der Waals surface area contributed by atoms with Crippen molar-refractivity contribution in [2.75, 3.05) is 5.33 Å². The lowest BCUT2D eigenvalue weighted by atomic mass is 9.77. The average Bonchev–Trinajstić information content (AvgIpc) is 2.82. The molecule has 0 radical (unpaired) electrons. The molecule has 3 heteroatoms. The van der Waals surface area contributed by atoms with Crippen LogP contribution in [-0.2, 0) is 11.8 Å². The number of hydrogen-bond acceptors (Lipinski definition) is 2. The summed E-state index contributed by atoms with van der Waals surface area (Å²) < 4.78 is 0. The Morgan fingerprint density at radius 1 is 1.28 bits per heavy atom. The van der Waals surface area contributed by atoms with Crippen LogP contribution in [0.5, 0.6) is 0 Å². The third-order valence-corrected chi connectivity index (χ3v) is 5.49. The van der Waals surface area contributed by atoms with E-state index >= 15 is 0 Å². The number of aromatic nitrogens is 1. The van der Waals surface area contributed by atoms with Crippen molar-refractivity contribution in [2.45, 2.75) is 32.1 Å². The Hall–Kier alpha value is -0.670. The van der Waals surface area contributed by atoms with Crippen molar-refractivity contribution in [3.63, 3.8) is 0 Å². The SMILES string of the molecule is CCC(CBr)(Cc1cnc(C)s1)c1ccccc1. The summed E-state index contributed by atoms with van der Waals surface area (Å²) in [5.41, 5.74) is 1.59. The first-order valence-corrected chi connectivity index (χ1v) is 8.17. The molecule has 0 saturated carbocycles. The number of thiazole rings is 1. The fourth-order valence-electron chi connectivity index (χ4n) is 2.26. The standard InChI is InChI=1S/C15H18BrNS/c1-3-15(11-16,13-7-5-4-6-8-13)9-14-10-17-12(2)18-14/h4-8,10H,3,9,11H2,1-2H3. The van der Waals surface area contributed by atoms with Crippen LogP contribution < -0.4 is 0 Å². The van der Waals surface area contributed by atoms with Crippen molar-refractivity contribution < 1.29 is 0 Å². The second kappa shape index (κ2) is 5.98. The Balaban J connectivity index is 2.32. The molecular formula is C15H18BrNS. The summed E-state index contributed by atoms with van der Waals surface area (Å²) in [4.78, 5) is 5.74. The first-order chi connectivity index (χ1) is 8.70. The molecule has 2 aromatic rings. The molecule has 1 atom stereocenters. The van der Waals surface area contributed by atoms with Gasteiger partial charge in [0, 0.05) is 21.8 Å². The largest absolute Gasteiger partial charge is 0.250 e. The summed E-state index contributed by atoms with van der Waals surface area (Å²) >= 11 is 5.53. The maximum Gasteiger partial charge on any atom is 0.0896 e. The highest BCUT2D eigenvalue weighted by Gasteiger charge is 2.30. The number of halogens is 1. The topological polar surface area (TPSA) is 12.9 Å². The molecule has 0 aliphatic heterocycles. The van der Waals surface area contributed by atoms with Gasteiger partial charge >= 0.3 is 0 Å². The summed E-state index contributed by atoms with van der Waals surface area (Å²) in [6.45, 7) is 4.33. The quantitative estimate of drug-likeness (QED) is 0.724. The molecule has 0 N–H and O–H groups in total. The Morgan fingerprint density at radius 3 is 2.50 bits per heavy atom. The number of benzene rings is 1. The van der Waals surface area contributed by atoms with Crippen LogP contribution in [-0.4, -0.2) is 10.3 Å². The molecule has 1 aromatic heterocycles. The van der Waals surface area contributed by atoms with Crippen molar-refractivity contribution in [1.82, 2.24) is 4.98 Å². The molecule has 0 bridgehead atoms. The van der Waals surface area contributed by atoms with Crippen molar-refractivity contribution in [3.05, 3.63) is 52.0 Å². The van der Waals surface area contributed by atoms with Gasteiger partial charge in [0.2, 0.25) is 0 Å². The van der Waals surface area contributed by atoms with Crippen molar-refractivity contribution in [2.24, 2.45) is 0 Å². The van der Waals surface area contributed by atoms with Crippen LogP contribution in [0.2, 0.25) is 0 Å². The van der Waals surface area contributed by atoms with E-state index in [2.05, 4.69) is 65.1 Å². The van der Waals surface area contributed by atoms with Crippen molar-refractivity contribution in [3.8, 4) is 0 Å². The third kappa shape index (κ3) is 2.83. The van der Waals surface area contributed by atoms with Gasteiger partial charge in [-0.15, -0.1) is 11.3 Å². The van der Waals surface area contributed by atoms with E-state index in [1.165, 1.54) is 10.4 Å². The zero-order valence-corrected chi connectivity index (χ0v) is 13.2. The Bertz CT molecular complexity index is 488. The zero-order chi connectivity index (χ0) is 13.0. The summed E-state index contributed by atoms with van der Waals surface area (Å²) in [6, 6.07) is 10.8.